The zero-order valence-corrected chi connectivity index (χ0v) is 22.1. The van der Waals surface area contributed by atoms with E-state index < -0.39 is 0 Å². The molecule has 2 N–H and O–H groups in total. The third kappa shape index (κ3) is 5.03. The molecule has 0 atom stereocenters. The van der Waals surface area contributed by atoms with Gasteiger partial charge in [0.05, 0.1) is 49.5 Å². The van der Waals surface area contributed by atoms with Crippen molar-refractivity contribution in [2.24, 2.45) is 0 Å². The Hall–Kier alpha value is -4.08. The number of fused-ring (bicyclic) bond motifs is 1. The molecule has 1 saturated heterocycles. The quantitative estimate of drug-likeness (QED) is 0.290. The highest BCUT2D eigenvalue weighted by Crippen LogP contribution is 2.42. The van der Waals surface area contributed by atoms with E-state index in [1.807, 2.05) is 37.3 Å². The Morgan fingerprint density at radius 1 is 0.974 bits per heavy atom. The minimum atomic E-state index is 0.472. The summed E-state index contributed by atoms with van der Waals surface area (Å²) in [5.74, 6) is 1.81. The molecule has 1 aliphatic heterocycles. The van der Waals surface area contributed by atoms with Crippen molar-refractivity contribution in [2.45, 2.75) is 6.92 Å². The second kappa shape index (κ2) is 11.1. The molecule has 2 aromatic carbocycles. The predicted octanol–water partition coefficient (Wildman–Crippen LogP) is 5.42. The number of aromatic nitrogens is 2. The van der Waals surface area contributed by atoms with Gasteiger partial charge < -0.3 is 29.7 Å². The van der Waals surface area contributed by atoms with Crippen molar-refractivity contribution >= 4 is 51.7 Å². The Kier molecular flexibility index (Phi) is 7.48. The van der Waals surface area contributed by atoms with Crippen LogP contribution in [0.2, 0.25) is 5.02 Å². The normalized spacial score (nSPS) is 13.3. The van der Waals surface area contributed by atoms with Gasteiger partial charge >= 0.3 is 0 Å². The lowest BCUT2D eigenvalue weighted by atomic mass is 10.0. The molecule has 5 rings (SSSR count). The van der Waals surface area contributed by atoms with Crippen LogP contribution in [0.25, 0.3) is 22.0 Å². The molecule has 3 heterocycles. The number of nitrogens with zero attached hydrogens (tertiary/aromatic N) is 3. The maximum absolute atomic E-state index is 11.3. The maximum Gasteiger partial charge on any atom is 0.211 e. The number of carbonyl (C=O) groups is 1. The van der Waals surface area contributed by atoms with Gasteiger partial charge in [-0.1, -0.05) is 11.6 Å². The lowest BCUT2D eigenvalue weighted by molar-refractivity contribution is -0.105. The molecule has 0 unspecified atom stereocenters. The number of halogens is 1. The van der Waals surface area contributed by atoms with Crippen molar-refractivity contribution in [3.63, 3.8) is 0 Å². The van der Waals surface area contributed by atoms with Gasteiger partial charge in [0, 0.05) is 59.1 Å². The van der Waals surface area contributed by atoms with Crippen LogP contribution in [0.4, 0.5) is 22.9 Å². The Balaban J connectivity index is 1.45. The predicted molar refractivity (Wildman–Crippen MR) is 150 cm³/mol. The molecular formula is C28H28ClN5O4. The van der Waals surface area contributed by atoms with Crippen LogP contribution >= 0.6 is 11.6 Å². The van der Waals surface area contributed by atoms with Crippen LogP contribution in [0, 0.1) is 6.92 Å². The molecule has 0 aliphatic carbocycles. The van der Waals surface area contributed by atoms with E-state index in [9.17, 15) is 4.79 Å². The molecule has 196 valence electrons. The summed E-state index contributed by atoms with van der Waals surface area (Å²) in [5, 5.41) is 8.37. The summed E-state index contributed by atoms with van der Waals surface area (Å²) in [4.78, 5) is 22.8. The zero-order chi connectivity index (χ0) is 26.6. The largest absolute Gasteiger partial charge is 0.496 e. The standard InChI is InChI=1S/C28H28ClN5O4/c1-17-24(36-2)13-25(37-3)28(29)27(17)23-10-18-15-31-26(11-19(18)14-30-23)33-21-5-4-20(12-22(21)32-16-35)34-6-8-38-9-7-34/h4-5,10-16H,6-9H2,1-3H3,(H,31,33)(H,32,35). The first-order valence-corrected chi connectivity index (χ1v) is 12.5. The van der Waals surface area contributed by atoms with E-state index in [1.165, 1.54) is 0 Å². The first-order valence-electron chi connectivity index (χ1n) is 12.1. The summed E-state index contributed by atoms with van der Waals surface area (Å²) in [6, 6.07) is 11.5. The molecule has 38 heavy (non-hydrogen) atoms. The van der Waals surface area contributed by atoms with Crippen LogP contribution in [0.1, 0.15) is 5.56 Å². The second-order valence-electron chi connectivity index (χ2n) is 8.80. The van der Waals surface area contributed by atoms with Gasteiger partial charge in [0.2, 0.25) is 6.41 Å². The van der Waals surface area contributed by atoms with Crippen molar-refractivity contribution in [1.29, 1.82) is 0 Å². The van der Waals surface area contributed by atoms with Crippen molar-refractivity contribution in [2.75, 3.05) is 56.1 Å². The molecule has 1 amide bonds. The molecular weight excluding hydrogens is 506 g/mol. The summed E-state index contributed by atoms with van der Waals surface area (Å²) < 4.78 is 16.4. The van der Waals surface area contributed by atoms with Crippen molar-refractivity contribution in [3.8, 4) is 22.8 Å². The zero-order valence-electron chi connectivity index (χ0n) is 21.4. The fraction of sp³-hybridized carbons (Fsp3) is 0.250. The minimum Gasteiger partial charge on any atom is -0.496 e. The van der Waals surface area contributed by atoms with Crippen molar-refractivity contribution in [1.82, 2.24) is 9.97 Å². The second-order valence-corrected chi connectivity index (χ2v) is 9.18. The minimum absolute atomic E-state index is 0.472. The number of methoxy groups -OCH3 is 2. The summed E-state index contributed by atoms with van der Waals surface area (Å²) in [7, 11) is 3.18. The number of hydrogen-bond acceptors (Lipinski definition) is 8. The van der Waals surface area contributed by atoms with Crippen LogP contribution in [-0.4, -0.2) is 56.9 Å². The summed E-state index contributed by atoms with van der Waals surface area (Å²) in [5.41, 5.74) is 4.72. The van der Waals surface area contributed by atoms with E-state index in [4.69, 9.17) is 25.8 Å². The molecule has 0 radical (unpaired) electrons. The van der Waals surface area contributed by atoms with Gasteiger partial charge in [-0.3, -0.25) is 9.78 Å². The van der Waals surface area contributed by atoms with Crippen LogP contribution in [0.3, 0.4) is 0 Å². The molecule has 2 aromatic heterocycles. The average molecular weight is 534 g/mol. The van der Waals surface area contributed by atoms with Gasteiger partial charge in [0.1, 0.15) is 17.3 Å². The van der Waals surface area contributed by atoms with E-state index in [-0.39, 0.29) is 0 Å². The highest BCUT2D eigenvalue weighted by molar-refractivity contribution is 6.35. The summed E-state index contributed by atoms with van der Waals surface area (Å²) in [6.07, 6.45) is 4.23. The monoisotopic (exact) mass is 533 g/mol. The van der Waals surface area contributed by atoms with Gasteiger partial charge in [0.25, 0.3) is 0 Å². The number of nitrogens with one attached hydrogen (secondary N) is 2. The van der Waals surface area contributed by atoms with Crippen LogP contribution in [0.5, 0.6) is 11.5 Å². The van der Waals surface area contributed by atoms with Crippen LogP contribution in [-0.2, 0) is 9.53 Å². The fourth-order valence-electron chi connectivity index (χ4n) is 4.59. The lowest BCUT2D eigenvalue weighted by Gasteiger charge is -2.29. The third-order valence-electron chi connectivity index (χ3n) is 6.60. The van der Waals surface area contributed by atoms with Crippen molar-refractivity contribution < 1.29 is 19.0 Å². The van der Waals surface area contributed by atoms with E-state index in [0.29, 0.717) is 53.3 Å². The fourth-order valence-corrected chi connectivity index (χ4v) is 4.96. The van der Waals surface area contributed by atoms with E-state index in [1.54, 1.807) is 32.7 Å². The third-order valence-corrected chi connectivity index (χ3v) is 6.97. The first-order chi connectivity index (χ1) is 18.5. The Morgan fingerprint density at radius 2 is 1.71 bits per heavy atom. The number of benzene rings is 2. The number of anilines is 4. The van der Waals surface area contributed by atoms with Crippen LogP contribution in [0.15, 0.2) is 48.8 Å². The molecule has 1 aliphatic rings. The van der Waals surface area contributed by atoms with Gasteiger partial charge in [-0.2, -0.15) is 0 Å². The number of amides is 1. The lowest BCUT2D eigenvalue weighted by Crippen LogP contribution is -2.36. The van der Waals surface area contributed by atoms with Crippen LogP contribution < -0.4 is 25.0 Å². The molecule has 0 saturated carbocycles. The molecule has 4 aromatic rings. The maximum atomic E-state index is 11.3. The van der Waals surface area contributed by atoms with Gasteiger partial charge in [-0.05, 0) is 37.3 Å². The number of rotatable bonds is 8. The Labute approximate surface area is 225 Å². The highest BCUT2D eigenvalue weighted by Gasteiger charge is 2.19. The average Bonchev–Trinajstić information content (AvgIpc) is 2.95. The molecule has 1 fully saturated rings. The summed E-state index contributed by atoms with van der Waals surface area (Å²) >= 11 is 6.66. The number of carbonyl (C=O) groups excluding carboxylic acids is 1. The van der Waals surface area contributed by atoms with Gasteiger partial charge in [-0.15, -0.1) is 0 Å². The SMILES string of the molecule is COc1cc(OC)c(Cl)c(-c2cc3cnc(Nc4ccc(N5CCOCC5)cc4NC=O)cc3cn2)c1C. The highest BCUT2D eigenvalue weighted by atomic mass is 35.5. The molecule has 10 heteroatoms. The van der Waals surface area contributed by atoms with E-state index >= 15 is 0 Å². The van der Waals surface area contributed by atoms with E-state index in [0.717, 1.165) is 46.4 Å². The molecule has 0 bridgehead atoms. The Bertz CT molecular complexity index is 1460. The smallest absolute Gasteiger partial charge is 0.211 e. The first kappa shape index (κ1) is 25.6. The molecule has 9 nitrogen and oxygen atoms in total. The van der Waals surface area contributed by atoms with Gasteiger partial charge in [0.15, 0.2) is 0 Å². The summed E-state index contributed by atoms with van der Waals surface area (Å²) in [6.45, 7) is 4.92. The van der Waals surface area contributed by atoms with E-state index in [2.05, 4.69) is 25.5 Å². The number of pyridine rings is 2. The number of morpholine rings is 1. The number of hydrogen-bond donors (Lipinski definition) is 2. The topological polar surface area (TPSA) is 97.8 Å². The number of ether oxygens (including phenoxy) is 3. The van der Waals surface area contributed by atoms with Crippen molar-refractivity contribution in [3.05, 3.63) is 59.4 Å². The van der Waals surface area contributed by atoms with Gasteiger partial charge in [-0.25, -0.2) is 4.98 Å². The Morgan fingerprint density at radius 3 is 2.45 bits per heavy atom. The molecule has 0 spiro atoms.